The van der Waals surface area contributed by atoms with E-state index in [-0.39, 0.29) is 27.8 Å². The Hall–Kier alpha value is -3.10. The number of fused-ring (bicyclic) bond motifs is 1. The third kappa shape index (κ3) is 6.54. The minimum absolute atomic E-state index is 0.0183. The molecule has 0 radical (unpaired) electrons. The summed E-state index contributed by atoms with van der Waals surface area (Å²) in [5.74, 6) is 0.0183. The van der Waals surface area contributed by atoms with E-state index in [4.69, 9.17) is 16.7 Å². The summed E-state index contributed by atoms with van der Waals surface area (Å²) in [4.78, 5) is 20.5. The predicted octanol–water partition coefficient (Wildman–Crippen LogP) is 7.01. The molecule has 0 saturated carbocycles. The molecule has 0 saturated heterocycles. The van der Waals surface area contributed by atoms with Gasteiger partial charge >= 0.3 is 12.3 Å². The maximum atomic E-state index is 13.5. The van der Waals surface area contributed by atoms with Crippen molar-refractivity contribution in [3.05, 3.63) is 75.9 Å². The van der Waals surface area contributed by atoms with E-state index in [9.17, 15) is 27.3 Å². The van der Waals surface area contributed by atoms with Crippen LogP contribution in [-0.4, -0.2) is 41.4 Å². The van der Waals surface area contributed by atoms with Crippen LogP contribution in [0.1, 0.15) is 49.9 Å². The zero-order chi connectivity index (χ0) is 30.3. The number of alkyl halides is 3. The highest BCUT2D eigenvalue weighted by Gasteiger charge is 2.51. The third-order valence-corrected chi connectivity index (χ3v) is 9.29. The molecule has 0 aliphatic heterocycles. The van der Waals surface area contributed by atoms with Crippen LogP contribution in [0.15, 0.2) is 54.7 Å². The smallest absolute Gasteiger partial charge is 0.421 e. The minimum atomic E-state index is -4.90. The van der Waals surface area contributed by atoms with Crippen molar-refractivity contribution in [1.29, 1.82) is 0 Å². The van der Waals surface area contributed by atoms with Crippen molar-refractivity contribution in [3.8, 4) is 11.3 Å². The van der Waals surface area contributed by atoms with Gasteiger partial charge in [-0.15, -0.1) is 11.3 Å². The highest BCUT2D eigenvalue weighted by Crippen LogP contribution is 2.42. The van der Waals surface area contributed by atoms with E-state index < -0.39 is 39.6 Å². The molecule has 2 unspecified atom stereocenters. The number of aliphatic hydroxyl groups is 1. The van der Waals surface area contributed by atoms with Crippen LogP contribution in [0.2, 0.25) is 5.02 Å². The summed E-state index contributed by atoms with van der Waals surface area (Å²) in [6.45, 7) is 6.03. The number of anilines is 1. The fourth-order valence-corrected chi connectivity index (χ4v) is 6.18. The Balaban J connectivity index is 1.87. The summed E-state index contributed by atoms with van der Waals surface area (Å²) in [6, 6.07) is 11.4. The van der Waals surface area contributed by atoms with Gasteiger partial charge in [-0.3, -0.25) is 10.3 Å². The fraction of sp³-hybridized carbons (Fsp3) is 0.296. The normalized spacial score (nSPS) is 15.3. The van der Waals surface area contributed by atoms with Gasteiger partial charge in [0.2, 0.25) is 0 Å². The molecular weight excluding hydrogens is 601 g/mol. The summed E-state index contributed by atoms with van der Waals surface area (Å²) in [5, 5.41) is 22.5. The molecule has 218 valence electrons. The van der Waals surface area contributed by atoms with Crippen molar-refractivity contribution in [2.45, 2.75) is 50.3 Å². The molecule has 3 heterocycles. The van der Waals surface area contributed by atoms with Crippen LogP contribution in [0.3, 0.4) is 0 Å². The lowest BCUT2D eigenvalue weighted by Crippen LogP contribution is -2.39. The van der Waals surface area contributed by atoms with Gasteiger partial charge in [0.05, 0.1) is 38.2 Å². The van der Waals surface area contributed by atoms with E-state index in [2.05, 4.69) is 20.0 Å². The summed E-state index contributed by atoms with van der Waals surface area (Å²) in [6.07, 6.45) is -5.01. The Morgan fingerprint density at radius 1 is 1.10 bits per heavy atom. The molecule has 0 aliphatic carbocycles. The molecule has 14 heteroatoms. The first-order valence-electron chi connectivity index (χ1n) is 12.1. The zero-order valence-electron chi connectivity index (χ0n) is 22.2. The van der Waals surface area contributed by atoms with Crippen molar-refractivity contribution in [2.75, 3.05) is 5.32 Å². The number of thiophene rings is 1. The van der Waals surface area contributed by atoms with E-state index in [1.807, 2.05) is 12.1 Å². The van der Waals surface area contributed by atoms with E-state index >= 15 is 0 Å². The lowest BCUT2D eigenvalue weighted by atomic mass is 9.94. The number of nitrogens with zero attached hydrogens (tertiary/aromatic N) is 2. The zero-order valence-corrected chi connectivity index (χ0v) is 24.6. The molecule has 41 heavy (non-hydrogen) atoms. The first-order valence-corrected chi connectivity index (χ1v) is 14.5. The van der Waals surface area contributed by atoms with Crippen molar-refractivity contribution < 1.29 is 32.4 Å². The number of carboxylic acid groups (broad SMARTS) is 1. The average molecular weight is 627 g/mol. The molecule has 4 rings (SSSR count). The van der Waals surface area contributed by atoms with Gasteiger partial charge in [-0.1, -0.05) is 29.8 Å². The number of rotatable bonds is 7. The van der Waals surface area contributed by atoms with E-state index in [1.54, 1.807) is 32.9 Å². The molecule has 0 bridgehead atoms. The highest BCUT2D eigenvalue weighted by molar-refractivity contribution is 7.84. The van der Waals surface area contributed by atoms with Crippen LogP contribution >= 0.6 is 22.9 Å². The number of aromatic nitrogens is 2. The van der Waals surface area contributed by atoms with Crippen LogP contribution in [0.25, 0.3) is 21.3 Å². The van der Waals surface area contributed by atoms with Crippen LogP contribution < -0.4 is 10.0 Å². The third-order valence-electron chi connectivity index (χ3n) is 6.16. The second-order valence-electron chi connectivity index (χ2n) is 10.3. The van der Waals surface area contributed by atoms with Crippen LogP contribution in [0, 0.1) is 0 Å². The summed E-state index contributed by atoms with van der Waals surface area (Å²) >= 11 is 7.76. The molecule has 3 aromatic heterocycles. The quantitative estimate of drug-likeness (QED) is 0.175. The van der Waals surface area contributed by atoms with Gasteiger partial charge in [0, 0.05) is 21.3 Å². The molecule has 1 amide bonds. The maximum Gasteiger partial charge on any atom is 0.421 e. The fourth-order valence-electron chi connectivity index (χ4n) is 3.84. The van der Waals surface area contributed by atoms with Gasteiger partial charge in [-0.25, -0.2) is 18.7 Å². The molecule has 0 fully saturated rings. The van der Waals surface area contributed by atoms with Crippen molar-refractivity contribution in [2.24, 2.45) is 0 Å². The Bertz CT molecular complexity index is 1640. The first-order chi connectivity index (χ1) is 19.0. The molecular formula is C27H26ClF3N4O4S2. The number of pyridine rings is 2. The topological polar surface area (TPSA) is 124 Å². The Morgan fingerprint density at radius 2 is 1.80 bits per heavy atom. The standard InChI is InChI=1S/C27H26ClF3N4O4S2/c1-25(2,3)41(39)35-22(21-17(28)8-9-20(33-21)34-24(36)37)19-12-14-6-5-7-16(23(14)40-19)18-13-15(10-11-32-18)26(4,38)27(29,30)31/h5-13,22,35,38H,1-4H3,(H,33,34)(H,36,37)/t22?,26-,41?/m0/s1. The molecule has 4 aromatic rings. The van der Waals surface area contributed by atoms with Crippen LogP contribution in [0.4, 0.5) is 23.8 Å². The molecule has 1 aromatic carbocycles. The van der Waals surface area contributed by atoms with E-state index in [1.165, 1.54) is 35.7 Å². The molecule has 4 N–H and O–H groups in total. The summed E-state index contributed by atoms with van der Waals surface area (Å²) in [5.41, 5.74) is -2.47. The molecule has 8 nitrogen and oxygen atoms in total. The van der Waals surface area contributed by atoms with Crippen molar-refractivity contribution in [3.63, 3.8) is 0 Å². The number of hydrogen-bond acceptors (Lipinski definition) is 6. The first kappa shape index (κ1) is 30.8. The second-order valence-corrected chi connectivity index (χ2v) is 13.8. The Kier molecular flexibility index (Phi) is 8.50. The lowest BCUT2D eigenvalue weighted by molar-refractivity contribution is -0.258. The van der Waals surface area contributed by atoms with Gasteiger partial charge in [0.25, 0.3) is 0 Å². The lowest BCUT2D eigenvalue weighted by Gasteiger charge is -2.26. The SMILES string of the molecule is CC(C)(C)S(=O)NC(c1cc2cccc(-c3cc([C@](C)(O)C(F)(F)F)ccn3)c2s1)c1nc(NC(=O)O)ccc1Cl. The van der Waals surface area contributed by atoms with Gasteiger partial charge in [0.15, 0.2) is 5.60 Å². The number of halogens is 4. The largest absolute Gasteiger partial charge is 0.465 e. The Morgan fingerprint density at radius 3 is 2.44 bits per heavy atom. The van der Waals surface area contributed by atoms with E-state index in [0.717, 1.165) is 11.5 Å². The number of hydrogen-bond donors (Lipinski definition) is 4. The van der Waals surface area contributed by atoms with Gasteiger partial charge in [-0.2, -0.15) is 13.2 Å². The highest BCUT2D eigenvalue weighted by atomic mass is 35.5. The Labute approximate surface area is 245 Å². The van der Waals surface area contributed by atoms with Crippen LogP contribution in [-0.2, 0) is 16.6 Å². The monoisotopic (exact) mass is 626 g/mol. The molecule has 3 atom stereocenters. The minimum Gasteiger partial charge on any atom is -0.465 e. The number of amides is 1. The number of nitrogens with one attached hydrogen (secondary N) is 2. The van der Waals surface area contributed by atoms with Crippen molar-refractivity contribution in [1.82, 2.24) is 14.7 Å². The maximum absolute atomic E-state index is 13.5. The van der Waals surface area contributed by atoms with Gasteiger partial charge in [0.1, 0.15) is 5.82 Å². The number of benzene rings is 1. The van der Waals surface area contributed by atoms with E-state index in [0.29, 0.717) is 22.1 Å². The number of carbonyl (C=O) groups is 1. The van der Waals surface area contributed by atoms with Crippen molar-refractivity contribution >= 4 is 55.9 Å². The summed E-state index contributed by atoms with van der Waals surface area (Å²) < 4.78 is 56.8. The van der Waals surface area contributed by atoms with Gasteiger partial charge in [-0.05, 0) is 69.0 Å². The second kappa shape index (κ2) is 11.3. The molecule has 0 aliphatic rings. The average Bonchev–Trinajstić information content (AvgIpc) is 3.31. The van der Waals surface area contributed by atoms with Gasteiger partial charge < -0.3 is 10.2 Å². The summed E-state index contributed by atoms with van der Waals surface area (Å²) in [7, 11) is -1.60. The predicted molar refractivity (Wildman–Crippen MR) is 154 cm³/mol. The molecule has 0 spiro atoms. The van der Waals surface area contributed by atoms with Crippen LogP contribution in [0.5, 0.6) is 0 Å².